The first-order valence-corrected chi connectivity index (χ1v) is 11.8. The van der Waals surface area contributed by atoms with E-state index in [9.17, 15) is 30.6 Å². The highest BCUT2D eigenvalue weighted by atomic mass is 32.2. The van der Waals surface area contributed by atoms with Crippen molar-refractivity contribution in [3.05, 3.63) is 41.0 Å². The SMILES string of the molecule is C[C@H](SCCO)c1c(O)cc(O)c2c1O[C@H](c1ccc(O)c(O)c1)[C@H](O)[C@H]2SCCO. The number of benzene rings is 2. The third-order valence-corrected chi connectivity index (χ3v) is 7.49. The Morgan fingerprint density at radius 1 is 0.935 bits per heavy atom. The van der Waals surface area contributed by atoms with E-state index in [1.54, 1.807) is 0 Å². The van der Waals surface area contributed by atoms with E-state index in [0.717, 1.165) is 0 Å². The third-order valence-electron chi connectivity index (χ3n) is 5.05. The number of ether oxygens (including phenoxy) is 1. The van der Waals surface area contributed by atoms with Crippen molar-refractivity contribution >= 4 is 23.5 Å². The highest BCUT2D eigenvalue weighted by Gasteiger charge is 2.42. The van der Waals surface area contributed by atoms with Gasteiger partial charge in [0.25, 0.3) is 0 Å². The van der Waals surface area contributed by atoms with Crippen molar-refractivity contribution in [2.24, 2.45) is 0 Å². The first-order chi connectivity index (χ1) is 14.8. The molecule has 0 aromatic heterocycles. The minimum Gasteiger partial charge on any atom is -0.507 e. The molecule has 0 radical (unpaired) electrons. The van der Waals surface area contributed by atoms with Gasteiger partial charge in [-0.05, 0) is 24.6 Å². The van der Waals surface area contributed by atoms with E-state index in [1.165, 1.54) is 47.8 Å². The summed E-state index contributed by atoms with van der Waals surface area (Å²) in [6.45, 7) is 1.65. The molecule has 2 aromatic rings. The first kappa shape index (κ1) is 23.7. The lowest BCUT2D eigenvalue weighted by molar-refractivity contribution is 0.0167. The smallest absolute Gasteiger partial charge is 0.157 e. The van der Waals surface area contributed by atoms with Gasteiger partial charge in [-0.15, -0.1) is 11.8 Å². The topological polar surface area (TPSA) is 151 Å². The Bertz CT molecular complexity index is 923. The number of rotatable bonds is 8. The average Bonchev–Trinajstić information content (AvgIpc) is 2.73. The molecule has 31 heavy (non-hydrogen) atoms. The maximum atomic E-state index is 11.1. The molecular formula is C21H26O8S2. The predicted octanol–water partition coefficient (Wildman–Crippen LogP) is 2.56. The van der Waals surface area contributed by atoms with Crippen LogP contribution in [0.25, 0.3) is 0 Å². The standard InChI is InChI=1S/C21H26O8S2/c1-10(30-6-4-22)16-14(26)9-15(27)17-20(16)29-19(18(28)21(17)31-7-5-23)11-2-3-12(24)13(25)8-11/h2-3,8-10,18-19,21-28H,4-7H2,1H3/t10-,18-,19+,21-/m0/s1. The largest absolute Gasteiger partial charge is 0.507 e. The van der Waals surface area contributed by atoms with Crippen molar-refractivity contribution in [1.29, 1.82) is 0 Å². The van der Waals surface area contributed by atoms with Crippen molar-refractivity contribution in [2.75, 3.05) is 24.7 Å². The zero-order chi connectivity index (χ0) is 22.7. The quantitative estimate of drug-likeness (QED) is 0.287. The molecule has 0 amide bonds. The zero-order valence-corrected chi connectivity index (χ0v) is 18.4. The van der Waals surface area contributed by atoms with Crippen LogP contribution in [0.3, 0.4) is 0 Å². The van der Waals surface area contributed by atoms with Crippen LogP contribution in [0, 0.1) is 0 Å². The van der Waals surface area contributed by atoms with Gasteiger partial charge in [0.2, 0.25) is 0 Å². The van der Waals surface area contributed by atoms with Crippen LogP contribution in [0.5, 0.6) is 28.7 Å². The summed E-state index contributed by atoms with van der Waals surface area (Å²) in [6.07, 6.45) is -2.12. The van der Waals surface area contributed by atoms with Crippen LogP contribution in [0.2, 0.25) is 0 Å². The van der Waals surface area contributed by atoms with E-state index in [0.29, 0.717) is 28.2 Å². The van der Waals surface area contributed by atoms with Crippen LogP contribution in [0.1, 0.15) is 40.2 Å². The number of phenolic OH excluding ortho intramolecular Hbond substituents is 4. The van der Waals surface area contributed by atoms with Gasteiger partial charge in [0.1, 0.15) is 23.4 Å². The number of aliphatic hydroxyl groups is 3. The van der Waals surface area contributed by atoms with Gasteiger partial charge in [0.15, 0.2) is 17.6 Å². The number of aliphatic hydroxyl groups excluding tert-OH is 3. The van der Waals surface area contributed by atoms with E-state index in [-0.39, 0.29) is 47.2 Å². The van der Waals surface area contributed by atoms with Gasteiger partial charge < -0.3 is 40.5 Å². The van der Waals surface area contributed by atoms with E-state index in [4.69, 9.17) is 9.84 Å². The summed E-state index contributed by atoms with van der Waals surface area (Å²) < 4.78 is 6.11. The summed E-state index contributed by atoms with van der Waals surface area (Å²) in [4.78, 5) is 0. The van der Waals surface area contributed by atoms with Crippen LogP contribution in [0.15, 0.2) is 24.3 Å². The predicted molar refractivity (Wildman–Crippen MR) is 119 cm³/mol. The van der Waals surface area contributed by atoms with Crippen LogP contribution in [-0.2, 0) is 0 Å². The normalized spacial score (nSPS) is 21.4. The fourth-order valence-corrected chi connectivity index (χ4v) is 5.59. The first-order valence-electron chi connectivity index (χ1n) is 9.70. The summed E-state index contributed by atoms with van der Waals surface area (Å²) in [7, 11) is 0. The molecule has 10 heteroatoms. The summed E-state index contributed by atoms with van der Waals surface area (Å²) in [5, 5.41) is 69.3. The Hall–Kier alpha value is -1.98. The molecule has 0 unspecified atom stereocenters. The van der Waals surface area contributed by atoms with Gasteiger partial charge in [-0.1, -0.05) is 6.07 Å². The van der Waals surface area contributed by atoms with Crippen molar-refractivity contribution < 1.29 is 40.5 Å². The molecule has 0 saturated carbocycles. The molecule has 0 saturated heterocycles. The molecule has 0 fully saturated rings. The number of fused-ring (bicyclic) bond motifs is 1. The number of thioether (sulfide) groups is 2. The number of phenols is 4. The van der Waals surface area contributed by atoms with Crippen LogP contribution >= 0.6 is 23.5 Å². The Morgan fingerprint density at radius 2 is 1.65 bits per heavy atom. The van der Waals surface area contributed by atoms with Gasteiger partial charge in [0.05, 0.1) is 24.0 Å². The van der Waals surface area contributed by atoms with Gasteiger partial charge in [-0.3, -0.25) is 0 Å². The lowest BCUT2D eigenvalue weighted by Crippen LogP contribution is -2.34. The van der Waals surface area contributed by atoms with Crippen LogP contribution < -0.4 is 4.74 Å². The lowest BCUT2D eigenvalue weighted by Gasteiger charge is -2.38. The summed E-state index contributed by atoms with van der Waals surface area (Å²) in [6, 6.07) is 5.29. The Kier molecular flexibility index (Phi) is 7.71. The molecule has 1 heterocycles. The summed E-state index contributed by atoms with van der Waals surface area (Å²) >= 11 is 2.62. The summed E-state index contributed by atoms with van der Waals surface area (Å²) in [5.41, 5.74) is 1.13. The van der Waals surface area contributed by atoms with Crippen molar-refractivity contribution in [2.45, 2.75) is 29.6 Å². The van der Waals surface area contributed by atoms with Crippen molar-refractivity contribution in [3.8, 4) is 28.7 Å². The maximum Gasteiger partial charge on any atom is 0.157 e. The molecule has 2 aromatic carbocycles. The Balaban J connectivity index is 2.15. The number of aromatic hydroxyl groups is 4. The minimum atomic E-state index is -1.16. The molecule has 0 bridgehead atoms. The van der Waals surface area contributed by atoms with E-state index >= 15 is 0 Å². The van der Waals surface area contributed by atoms with Crippen molar-refractivity contribution in [3.63, 3.8) is 0 Å². The van der Waals surface area contributed by atoms with Gasteiger partial charge in [-0.25, -0.2) is 0 Å². The molecule has 1 aliphatic heterocycles. The molecule has 0 aliphatic carbocycles. The molecule has 7 N–H and O–H groups in total. The van der Waals surface area contributed by atoms with Crippen LogP contribution in [-0.4, -0.2) is 66.6 Å². The van der Waals surface area contributed by atoms with Gasteiger partial charge in [-0.2, -0.15) is 11.8 Å². The third kappa shape index (κ3) is 4.78. The monoisotopic (exact) mass is 470 g/mol. The van der Waals surface area contributed by atoms with E-state index in [1.807, 2.05) is 6.92 Å². The molecule has 3 rings (SSSR count). The van der Waals surface area contributed by atoms with Crippen LogP contribution in [0.4, 0.5) is 0 Å². The fraction of sp³-hybridized carbons (Fsp3) is 0.429. The lowest BCUT2D eigenvalue weighted by atomic mass is 9.91. The van der Waals surface area contributed by atoms with Gasteiger partial charge in [0, 0.05) is 28.4 Å². The molecule has 0 spiro atoms. The average molecular weight is 471 g/mol. The molecular weight excluding hydrogens is 444 g/mol. The molecule has 1 aliphatic rings. The molecule has 4 atom stereocenters. The summed E-state index contributed by atoms with van der Waals surface area (Å²) in [5.74, 6) is -0.166. The minimum absolute atomic E-state index is 0.0417. The van der Waals surface area contributed by atoms with E-state index in [2.05, 4.69) is 0 Å². The number of hydrogen-bond acceptors (Lipinski definition) is 10. The maximum absolute atomic E-state index is 11.1. The second-order valence-electron chi connectivity index (χ2n) is 7.10. The highest BCUT2D eigenvalue weighted by molar-refractivity contribution is 7.99. The van der Waals surface area contributed by atoms with Crippen molar-refractivity contribution in [1.82, 2.24) is 0 Å². The highest BCUT2D eigenvalue weighted by Crippen LogP contribution is 2.56. The Morgan fingerprint density at radius 3 is 2.29 bits per heavy atom. The van der Waals surface area contributed by atoms with Gasteiger partial charge >= 0.3 is 0 Å². The zero-order valence-electron chi connectivity index (χ0n) is 16.8. The second kappa shape index (κ2) is 10.1. The Labute approximate surface area is 188 Å². The number of hydrogen-bond donors (Lipinski definition) is 7. The second-order valence-corrected chi connectivity index (χ2v) is 9.80. The fourth-order valence-electron chi connectivity index (χ4n) is 3.64. The molecule has 8 nitrogen and oxygen atoms in total. The molecule has 170 valence electrons. The van der Waals surface area contributed by atoms with E-state index < -0.39 is 17.5 Å².